The van der Waals surface area contributed by atoms with Gasteiger partial charge in [0.2, 0.25) is 0 Å². The van der Waals surface area contributed by atoms with Crippen LogP contribution < -0.4 is 5.56 Å². The van der Waals surface area contributed by atoms with E-state index < -0.39 is 0 Å². The minimum atomic E-state index is -0.126. The van der Waals surface area contributed by atoms with Gasteiger partial charge in [0.1, 0.15) is 5.56 Å². The van der Waals surface area contributed by atoms with Crippen LogP contribution in [-0.4, -0.2) is 9.78 Å². The molecule has 18 heavy (non-hydrogen) atoms. The molecule has 0 aliphatic heterocycles. The van der Waals surface area contributed by atoms with Crippen LogP contribution in [0.15, 0.2) is 41.3 Å². The molecule has 0 saturated carbocycles. The van der Waals surface area contributed by atoms with Gasteiger partial charge in [0, 0.05) is 38.4 Å². The van der Waals surface area contributed by atoms with Gasteiger partial charge in [0.25, 0.3) is 0 Å². The SMILES string of the molecule is CCC.Cc1[c-]cnn(-c2ccccc2)c1=O.[Y]. The average Bonchev–Trinajstić information content (AvgIpc) is 2.35. The molecule has 2 rings (SSSR count). The Morgan fingerprint density at radius 1 is 1.22 bits per heavy atom. The number of benzene rings is 1. The van der Waals surface area contributed by atoms with Gasteiger partial charge >= 0.3 is 0 Å². The monoisotopic (exact) mass is 318 g/mol. The first-order chi connectivity index (χ1) is 8.20. The molecule has 0 saturated heterocycles. The molecule has 1 aromatic carbocycles. The third-order valence-corrected chi connectivity index (χ3v) is 1.97. The van der Waals surface area contributed by atoms with Gasteiger partial charge in [0.05, 0.1) is 0 Å². The van der Waals surface area contributed by atoms with Crippen molar-refractivity contribution in [2.45, 2.75) is 27.2 Å². The van der Waals surface area contributed by atoms with Crippen molar-refractivity contribution in [2.75, 3.05) is 0 Å². The molecule has 93 valence electrons. The summed E-state index contributed by atoms with van der Waals surface area (Å²) in [5.74, 6) is 0. The standard InChI is InChI=1S/C11H9N2O.C3H8.Y/c1-9-7-8-12-13(11(9)14)10-5-3-2-4-6-10;1-3-2;/h2-6,8H,1H3;3H2,1-2H3;/q-1;;. The third kappa shape index (κ3) is 4.83. The quantitative estimate of drug-likeness (QED) is 0.758. The normalized spacial score (nSPS) is 8.83. The molecule has 0 atom stereocenters. The fourth-order valence-electron chi connectivity index (χ4n) is 1.21. The van der Waals surface area contributed by atoms with E-state index in [1.54, 1.807) is 6.92 Å². The Bertz CT molecular complexity index is 509. The van der Waals surface area contributed by atoms with Crippen LogP contribution in [0.5, 0.6) is 0 Å². The Morgan fingerprint density at radius 2 is 1.78 bits per heavy atom. The van der Waals surface area contributed by atoms with Crippen LogP contribution in [0.4, 0.5) is 0 Å². The van der Waals surface area contributed by atoms with Gasteiger partial charge in [-0.1, -0.05) is 45.4 Å². The summed E-state index contributed by atoms with van der Waals surface area (Å²) in [4.78, 5) is 11.6. The van der Waals surface area contributed by atoms with Gasteiger partial charge < -0.3 is 4.79 Å². The molecule has 0 aliphatic rings. The molecular formula is C14H17N2OY-. The van der Waals surface area contributed by atoms with E-state index in [9.17, 15) is 4.79 Å². The molecule has 0 amide bonds. The summed E-state index contributed by atoms with van der Waals surface area (Å²) in [6.45, 7) is 5.98. The molecule has 0 fully saturated rings. The van der Waals surface area contributed by atoms with Crippen molar-refractivity contribution >= 4 is 0 Å². The molecule has 0 N–H and O–H groups in total. The number of hydrogen-bond donors (Lipinski definition) is 0. The van der Waals surface area contributed by atoms with E-state index >= 15 is 0 Å². The Morgan fingerprint density at radius 3 is 2.33 bits per heavy atom. The van der Waals surface area contributed by atoms with Crippen molar-refractivity contribution in [1.29, 1.82) is 0 Å². The van der Waals surface area contributed by atoms with E-state index in [1.165, 1.54) is 17.3 Å². The number of hydrogen-bond acceptors (Lipinski definition) is 2. The van der Waals surface area contributed by atoms with Crippen LogP contribution in [0.1, 0.15) is 25.8 Å². The molecule has 4 heteroatoms. The zero-order valence-corrected chi connectivity index (χ0v) is 13.9. The summed E-state index contributed by atoms with van der Waals surface area (Å²) in [5, 5.41) is 3.96. The second-order valence-corrected chi connectivity index (χ2v) is 3.67. The summed E-state index contributed by atoms with van der Waals surface area (Å²) in [7, 11) is 0. The zero-order chi connectivity index (χ0) is 12.7. The smallest absolute Gasteiger partial charge is 0.115 e. The van der Waals surface area contributed by atoms with Crippen LogP contribution in [0.25, 0.3) is 5.69 Å². The van der Waals surface area contributed by atoms with Gasteiger partial charge in [-0.05, 0) is 18.3 Å². The maximum atomic E-state index is 11.6. The van der Waals surface area contributed by atoms with E-state index in [1.807, 2.05) is 30.3 Å². The van der Waals surface area contributed by atoms with Crippen molar-refractivity contribution < 1.29 is 32.7 Å². The first kappa shape index (κ1) is 17.2. The van der Waals surface area contributed by atoms with Gasteiger partial charge in [-0.2, -0.15) is 5.56 Å². The summed E-state index contributed by atoms with van der Waals surface area (Å²) in [5.41, 5.74) is 1.22. The Labute approximate surface area is 133 Å². The first-order valence-electron chi connectivity index (χ1n) is 5.72. The first-order valence-corrected chi connectivity index (χ1v) is 5.72. The van der Waals surface area contributed by atoms with Gasteiger partial charge in [-0.15, -0.1) is 0 Å². The van der Waals surface area contributed by atoms with E-state index in [-0.39, 0.29) is 38.3 Å². The van der Waals surface area contributed by atoms with Gasteiger partial charge in [0.15, 0.2) is 0 Å². The molecule has 1 heterocycles. The number of rotatable bonds is 1. The minimum absolute atomic E-state index is 0. The molecule has 1 aromatic heterocycles. The maximum Gasteiger partial charge on any atom is 0.115 e. The molecule has 0 aliphatic carbocycles. The third-order valence-electron chi connectivity index (χ3n) is 1.97. The summed E-state index contributed by atoms with van der Waals surface area (Å²) >= 11 is 0. The molecule has 1 radical (unpaired) electrons. The summed E-state index contributed by atoms with van der Waals surface area (Å²) < 4.78 is 1.37. The number of aryl methyl sites for hydroxylation is 1. The summed E-state index contributed by atoms with van der Waals surface area (Å²) in [6, 6.07) is 12.1. The Hall–Kier alpha value is -0.796. The van der Waals surface area contributed by atoms with Crippen molar-refractivity contribution in [3.05, 3.63) is 58.5 Å². The topological polar surface area (TPSA) is 34.9 Å². The van der Waals surface area contributed by atoms with Crippen LogP contribution >= 0.6 is 0 Å². The van der Waals surface area contributed by atoms with Gasteiger partial charge in [-0.3, -0.25) is 4.68 Å². The number of aromatic nitrogens is 2. The Kier molecular flexibility index (Phi) is 8.77. The summed E-state index contributed by atoms with van der Waals surface area (Å²) in [6.07, 6.45) is 2.75. The molecular weight excluding hydrogens is 301 g/mol. The average molecular weight is 318 g/mol. The fraction of sp³-hybridized carbons (Fsp3) is 0.286. The van der Waals surface area contributed by atoms with Crippen LogP contribution in [0.2, 0.25) is 0 Å². The van der Waals surface area contributed by atoms with Crippen molar-refractivity contribution in [2.24, 2.45) is 0 Å². The molecule has 3 nitrogen and oxygen atoms in total. The van der Waals surface area contributed by atoms with Crippen molar-refractivity contribution in [1.82, 2.24) is 9.78 Å². The van der Waals surface area contributed by atoms with E-state index in [0.717, 1.165) is 5.69 Å². The minimum Gasteiger partial charge on any atom is -0.381 e. The van der Waals surface area contributed by atoms with E-state index in [4.69, 9.17) is 0 Å². The van der Waals surface area contributed by atoms with Crippen LogP contribution in [-0.2, 0) is 32.7 Å². The second-order valence-electron chi connectivity index (χ2n) is 3.67. The largest absolute Gasteiger partial charge is 0.381 e. The van der Waals surface area contributed by atoms with Crippen molar-refractivity contribution in [3.63, 3.8) is 0 Å². The molecule has 0 spiro atoms. The molecule has 0 unspecified atom stereocenters. The number of nitrogens with zero attached hydrogens (tertiary/aromatic N) is 2. The Balaban J connectivity index is 0.000000660. The van der Waals surface area contributed by atoms with Crippen LogP contribution in [0, 0.1) is 13.0 Å². The fourth-order valence-corrected chi connectivity index (χ4v) is 1.21. The molecule has 0 bridgehead atoms. The second kappa shape index (κ2) is 9.18. The number of para-hydroxylation sites is 1. The van der Waals surface area contributed by atoms with E-state index in [2.05, 4.69) is 25.0 Å². The van der Waals surface area contributed by atoms with Gasteiger partial charge in [-0.25, -0.2) is 11.2 Å². The van der Waals surface area contributed by atoms with Crippen LogP contribution in [0.3, 0.4) is 0 Å². The predicted molar refractivity (Wildman–Crippen MR) is 69.4 cm³/mol. The predicted octanol–water partition coefficient (Wildman–Crippen LogP) is 2.75. The maximum absolute atomic E-state index is 11.6. The van der Waals surface area contributed by atoms with E-state index in [0.29, 0.717) is 5.56 Å². The zero-order valence-electron chi connectivity index (χ0n) is 11.1. The molecule has 2 aromatic rings. The van der Waals surface area contributed by atoms with Crippen molar-refractivity contribution in [3.8, 4) is 5.69 Å².